The Morgan fingerprint density at radius 1 is 1.16 bits per heavy atom. The number of aromatic nitrogens is 3. The minimum absolute atomic E-state index is 0.0182. The zero-order valence-electron chi connectivity index (χ0n) is 24.1. The quantitative estimate of drug-likeness (QED) is 0.414. The van der Waals surface area contributed by atoms with Gasteiger partial charge in [-0.2, -0.15) is 0 Å². The first-order valence-electron chi connectivity index (χ1n) is 15.1. The van der Waals surface area contributed by atoms with Crippen LogP contribution in [-0.2, 0) is 27.4 Å². The summed E-state index contributed by atoms with van der Waals surface area (Å²) in [4.78, 5) is 42.9. The number of aliphatic carboxylic acids is 1. The summed E-state index contributed by atoms with van der Waals surface area (Å²) in [6.45, 7) is 2.43. The van der Waals surface area contributed by atoms with Gasteiger partial charge in [-0.05, 0) is 63.1 Å². The standard InChI is InChI=1S/C30H36ClF2N5O5/c1-30(29(41)42)12-3-2-5-19(30)28(40)37-14-11-18-20(31)9-10-23(25(18)22(37)15-36-13-4-6-24(36)39)43-16-21-26(27(32)33)38(35-34-21)17-7-8-17/h9-10,17,19,22,27H,2-8,11-16H2,1H3,(H,41,42)/t19-,22+,30-/m0/s1. The summed E-state index contributed by atoms with van der Waals surface area (Å²) in [7, 11) is 0. The van der Waals surface area contributed by atoms with E-state index in [1.807, 2.05) is 0 Å². The molecule has 0 spiro atoms. The van der Waals surface area contributed by atoms with Gasteiger partial charge in [0.25, 0.3) is 6.43 Å². The number of carboxylic acid groups (broad SMARTS) is 1. The highest BCUT2D eigenvalue weighted by Crippen LogP contribution is 2.47. The van der Waals surface area contributed by atoms with Gasteiger partial charge in [0.15, 0.2) is 0 Å². The molecule has 2 aromatic rings. The molecule has 43 heavy (non-hydrogen) atoms. The average Bonchev–Trinajstić information content (AvgIpc) is 3.61. The zero-order valence-corrected chi connectivity index (χ0v) is 24.9. The number of carbonyl (C=O) groups excluding carboxylic acids is 2. The predicted octanol–water partition coefficient (Wildman–Crippen LogP) is 5.11. The minimum atomic E-state index is -2.77. The molecule has 232 valence electrons. The second-order valence-electron chi connectivity index (χ2n) is 12.4. The minimum Gasteiger partial charge on any atom is -0.487 e. The Balaban J connectivity index is 1.36. The van der Waals surface area contributed by atoms with Crippen LogP contribution in [0.3, 0.4) is 0 Å². The number of hydrogen-bond donors (Lipinski definition) is 1. The number of carbonyl (C=O) groups is 3. The Kier molecular flexibility index (Phi) is 8.08. The molecule has 10 nitrogen and oxygen atoms in total. The first-order chi connectivity index (χ1) is 20.6. The van der Waals surface area contributed by atoms with Gasteiger partial charge in [-0.15, -0.1) is 5.10 Å². The summed E-state index contributed by atoms with van der Waals surface area (Å²) in [6, 6.07) is 2.61. The van der Waals surface area contributed by atoms with Gasteiger partial charge in [-0.1, -0.05) is 29.7 Å². The van der Waals surface area contributed by atoms with Crippen LogP contribution in [0.4, 0.5) is 8.78 Å². The fourth-order valence-electron chi connectivity index (χ4n) is 7.05. The Hall–Kier alpha value is -3.28. The number of likely N-dealkylation sites (tertiary alicyclic amines) is 1. The van der Waals surface area contributed by atoms with E-state index < -0.39 is 29.8 Å². The molecule has 2 saturated carbocycles. The van der Waals surface area contributed by atoms with Crippen molar-refractivity contribution in [3.05, 3.63) is 39.7 Å². The van der Waals surface area contributed by atoms with Crippen LogP contribution in [0.25, 0.3) is 0 Å². The molecule has 0 radical (unpaired) electrons. The van der Waals surface area contributed by atoms with Crippen molar-refractivity contribution in [1.29, 1.82) is 0 Å². The van der Waals surface area contributed by atoms with Crippen LogP contribution in [0.1, 0.15) is 99.3 Å². The highest BCUT2D eigenvalue weighted by molar-refractivity contribution is 6.31. The van der Waals surface area contributed by atoms with Crippen LogP contribution in [0, 0.1) is 11.3 Å². The van der Waals surface area contributed by atoms with Crippen molar-refractivity contribution in [2.45, 2.75) is 89.8 Å². The number of hydrogen-bond acceptors (Lipinski definition) is 6. The molecule has 2 amide bonds. The van der Waals surface area contributed by atoms with E-state index in [1.165, 1.54) is 4.68 Å². The lowest BCUT2D eigenvalue weighted by Gasteiger charge is -2.45. The van der Waals surface area contributed by atoms with E-state index in [0.29, 0.717) is 61.5 Å². The summed E-state index contributed by atoms with van der Waals surface area (Å²) < 4.78 is 35.5. The molecule has 1 N–H and O–H groups in total. The Bertz CT molecular complexity index is 1430. The van der Waals surface area contributed by atoms with Crippen LogP contribution in [-0.4, -0.2) is 67.3 Å². The van der Waals surface area contributed by atoms with E-state index >= 15 is 0 Å². The maximum absolute atomic E-state index is 14.3. The number of rotatable bonds is 9. The predicted molar refractivity (Wildman–Crippen MR) is 151 cm³/mol. The largest absolute Gasteiger partial charge is 0.487 e. The average molecular weight is 620 g/mol. The number of benzene rings is 1. The Labute approximate surface area is 253 Å². The molecule has 2 aliphatic carbocycles. The fraction of sp³-hybridized carbons (Fsp3) is 0.633. The van der Waals surface area contributed by atoms with Crippen LogP contribution < -0.4 is 4.74 Å². The van der Waals surface area contributed by atoms with Gasteiger partial charge in [-0.3, -0.25) is 14.4 Å². The topological polar surface area (TPSA) is 118 Å². The Morgan fingerprint density at radius 2 is 1.95 bits per heavy atom. The highest BCUT2D eigenvalue weighted by Gasteiger charge is 2.50. The van der Waals surface area contributed by atoms with E-state index in [4.69, 9.17) is 16.3 Å². The van der Waals surface area contributed by atoms with E-state index in [0.717, 1.165) is 31.2 Å². The van der Waals surface area contributed by atoms with Crippen LogP contribution in [0.15, 0.2) is 12.1 Å². The normalized spacial score (nSPS) is 25.7. The van der Waals surface area contributed by atoms with Crippen molar-refractivity contribution < 1.29 is 33.0 Å². The number of fused-ring (bicyclic) bond motifs is 1. The van der Waals surface area contributed by atoms with E-state index in [1.54, 1.807) is 28.9 Å². The second-order valence-corrected chi connectivity index (χ2v) is 12.8. The number of halogens is 3. The van der Waals surface area contributed by atoms with Crippen molar-refractivity contribution in [1.82, 2.24) is 24.8 Å². The van der Waals surface area contributed by atoms with Gasteiger partial charge < -0.3 is 19.6 Å². The van der Waals surface area contributed by atoms with Gasteiger partial charge in [0, 0.05) is 36.6 Å². The molecule has 3 heterocycles. The molecule has 1 saturated heterocycles. The monoisotopic (exact) mass is 619 g/mol. The smallest absolute Gasteiger partial charge is 0.310 e. The third-order valence-electron chi connectivity index (χ3n) is 9.68. The summed E-state index contributed by atoms with van der Waals surface area (Å²) in [5.74, 6) is -1.62. The van der Waals surface area contributed by atoms with Crippen molar-refractivity contribution in [3.8, 4) is 5.75 Å². The lowest BCUT2D eigenvalue weighted by molar-refractivity contribution is -0.162. The van der Waals surface area contributed by atoms with Gasteiger partial charge in [0.2, 0.25) is 11.8 Å². The van der Waals surface area contributed by atoms with Crippen LogP contribution in [0.2, 0.25) is 5.02 Å². The molecule has 2 aliphatic heterocycles. The third-order valence-corrected chi connectivity index (χ3v) is 10.0. The first-order valence-corrected chi connectivity index (χ1v) is 15.5. The molecule has 4 aliphatic rings. The van der Waals surface area contributed by atoms with E-state index in [-0.39, 0.29) is 42.4 Å². The van der Waals surface area contributed by atoms with E-state index in [2.05, 4.69) is 10.3 Å². The van der Waals surface area contributed by atoms with Crippen molar-refractivity contribution >= 4 is 29.4 Å². The molecule has 6 rings (SSSR count). The first kappa shape index (κ1) is 29.8. The van der Waals surface area contributed by atoms with Gasteiger partial charge in [0.05, 0.1) is 23.4 Å². The molecule has 1 aromatic heterocycles. The molecular weight excluding hydrogens is 584 g/mol. The lowest BCUT2D eigenvalue weighted by atomic mass is 9.66. The summed E-state index contributed by atoms with van der Waals surface area (Å²) in [5, 5.41) is 18.6. The second kappa shape index (κ2) is 11.7. The number of nitrogens with zero attached hydrogens (tertiary/aromatic N) is 5. The zero-order chi connectivity index (χ0) is 30.5. The van der Waals surface area contributed by atoms with Crippen LogP contribution >= 0.6 is 11.6 Å². The summed E-state index contributed by atoms with van der Waals surface area (Å²) in [5.41, 5.74) is -0.0317. The van der Waals surface area contributed by atoms with Crippen molar-refractivity contribution in [2.75, 3.05) is 19.6 Å². The molecule has 3 fully saturated rings. The third kappa shape index (κ3) is 5.47. The molecule has 1 aromatic carbocycles. The maximum atomic E-state index is 14.3. The molecule has 3 atom stereocenters. The van der Waals surface area contributed by atoms with Crippen molar-refractivity contribution in [2.24, 2.45) is 11.3 Å². The molecular formula is C30H36ClF2N5O5. The summed E-state index contributed by atoms with van der Waals surface area (Å²) in [6.07, 6.45) is 2.67. The van der Waals surface area contributed by atoms with Crippen molar-refractivity contribution in [3.63, 3.8) is 0 Å². The number of amides is 2. The number of alkyl halides is 2. The molecule has 13 heteroatoms. The molecule has 0 bridgehead atoms. The summed E-state index contributed by atoms with van der Waals surface area (Å²) >= 11 is 6.67. The van der Waals surface area contributed by atoms with E-state index in [9.17, 15) is 28.3 Å². The van der Waals surface area contributed by atoms with Crippen LogP contribution in [0.5, 0.6) is 5.75 Å². The number of ether oxygens (including phenoxy) is 1. The molecule has 0 unspecified atom stereocenters. The van der Waals surface area contributed by atoms with Gasteiger partial charge in [-0.25, -0.2) is 13.5 Å². The highest BCUT2D eigenvalue weighted by atomic mass is 35.5. The fourth-order valence-corrected chi connectivity index (χ4v) is 7.31. The Morgan fingerprint density at radius 3 is 2.63 bits per heavy atom. The number of carboxylic acids is 1. The maximum Gasteiger partial charge on any atom is 0.310 e. The van der Waals surface area contributed by atoms with Gasteiger partial charge in [0.1, 0.15) is 23.7 Å². The van der Waals surface area contributed by atoms with Gasteiger partial charge >= 0.3 is 5.97 Å². The SMILES string of the molecule is C[C@]1(C(=O)O)CCCC[C@H]1C(=O)N1CCc2c(Cl)ccc(OCc3nnn(C4CC4)c3C(F)F)c2[C@H]1CN1CCCC1=O. The lowest BCUT2D eigenvalue weighted by Crippen LogP contribution is -2.52.